The number of carbonyl (C=O) groups is 1. The average Bonchev–Trinajstić information content (AvgIpc) is 3.03. The first kappa shape index (κ1) is 24.4. The highest BCUT2D eigenvalue weighted by molar-refractivity contribution is 14.0. The third-order valence-electron chi connectivity index (χ3n) is 5.57. The molecule has 0 aromatic carbocycles. The first-order chi connectivity index (χ1) is 13.8. The summed E-state index contributed by atoms with van der Waals surface area (Å²) in [6, 6.07) is 2.14. The summed E-state index contributed by atoms with van der Waals surface area (Å²) in [5, 5.41) is 8.64. The summed E-state index contributed by atoms with van der Waals surface area (Å²) in [6.07, 6.45) is 9.55. The molecule has 0 saturated heterocycles. The van der Waals surface area contributed by atoms with Crippen LogP contribution in [0.4, 0.5) is 0 Å². The molecule has 2 aliphatic rings. The minimum atomic E-state index is 0. The van der Waals surface area contributed by atoms with Crippen molar-refractivity contribution in [3.63, 3.8) is 0 Å². The molecular weight excluding hydrogens is 499 g/mol. The van der Waals surface area contributed by atoms with E-state index in [2.05, 4.69) is 27.1 Å². The Balaban J connectivity index is 0.00000300. The van der Waals surface area contributed by atoms with Gasteiger partial charge in [-0.25, -0.2) is 0 Å². The van der Waals surface area contributed by atoms with Gasteiger partial charge in [0.15, 0.2) is 5.96 Å². The van der Waals surface area contributed by atoms with Gasteiger partial charge in [-0.15, -0.1) is 35.3 Å². The summed E-state index contributed by atoms with van der Waals surface area (Å²) >= 11 is 1.80. The topological polar surface area (TPSA) is 66.0 Å². The second kappa shape index (κ2) is 13.4. The minimum Gasteiger partial charge on any atom is -0.376 e. The van der Waals surface area contributed by atoms with E-state index in [1.54, 1.807) is 18.4 Å². The normalized spacial score (nSPS) is 17.8. The van der Waals surface area contributed by atoms with Crippen LogP contribution < -0.4 is 10.6 Å². The molecule has 2 N–H and O–H groups in total. The summed E-state index contributed by atoms with van der Waals surface area (Å²) in [5.41, 5.74) is 1.31. The van der Waals surface area contributed by atoms with E-state index in [0.29, 0.717) is 25.7 Å². The molecule has 1 aliphatic carbocycles. The van der Waals surface area contributed by atoms with Gasteiger partial charge in [0.05, 0.1) is 12.7 Å². The number of thiophene rings is 1. The van der Waals surface area contributed by atoms with Crippen LogP contribution in [0.5, 0.6) is 0 Å². The molecule has 1 aromatic heterocycles. The Bertz CT molecular complexity index is 644. The van der Waals surface area contributed by atoms with Crippen molar-refractivity contribution in [1.82, 2.24) is 15.5 Å². The molecule has 1 aromatic rings. The lowest BCUT2D eigenvalue weighted by atomic mass is 10.1. The summed E-state index contributed by atoms with van der Waals surface area (Å²) in [7, 11) is 1.76. The maximum atomic E-state index is 12.5. The molecule has 0 atom stereocenters. The summed E-state index contributed by atoms with van der Waals surface area (Å²) in [5.74, 6) is 0.938. The van der Waals surface area contributed by atoms with Crippen LogP contribution in [0.1, 0.15) is 55.4 Å². The van der Waals surface area contributed by atoms with Crippen LogP contribution in [-0.2, 0) is 22.5 Å². The molecule has 1 aliphatic heterocycles. The molecule has 6 nitrogen and oxygen atoms in total. The Labute approximate surface area is 195 Å². The van der Waals surface area contributed by atoms with Gasteiger partial charge in [-0.3, -0.25) is 9.79 Å². The van der Waals surface area contributed by atoms with Gasteiger partial charge in [-0.2, -0.15) is 0 Å². The Hall–Kier alpha value is -0.870. The van der Waals surface area contributed by atoms with Crippen LogP contribution in [0.15, 0.2) is 16.4 Å². The Morgan fingerprint density at radius 3 is 2.76 bits per heavy atom. The van der Waals surface area contributed by atoms with Crippen LogP contribution in [0.25, 0.3) is 0 Å². The number of rotatable bonds is 7. The number of fused-ring (bicyclic) bond motifs is 1. The Morgan fingerprint density at radius 2 is 2.00 bits per heavy atom. The van der Waals surface area contributed by atoms with Crippen LogP contribution in [0.2, 0.25) is 0 Å². The zero-order chi connectivity index (χ0) is 19.6. The van der Waals surface area contributed by atoms with Crippen molar-refractivity contribution in [3.8, 4) is 0 Å². The summed E-state index contributed by atoms with van der Waals surface area (Å²) < 4.78 is 6.00. The number of guanidine groups is 1. The van der Waals surface area contributed by atoms with Gasteiger partial charge >= 0.3 is 0 Å². The molecule has 3 rings (SSSR count). The van der Waals surface area contributed by atoms with Gasteiger partial charge in [0.25, 0.3) is 0 Å². The molecule has 0 radical (unpaired) electrons. The smallest absolute Gasteiger partial charge is 0.224 e. The van der Waals surface area contributed by atoms with E-state index >= 15 is 0 Å². The van der Waals surface area contributed by atoms with Gasteiger partial charge in [-0.05, 0) is 36.3 Å². The zero-order valence-corrected chi connectivity index (χ0v) is 20.6. The first-order valence-corrected chi connectivity index (χ1v) is 11.5. The first-order valence-electron chi connectivity index (χ1n) is 10.7. The van der Waals surface area contributed by atoms with Crippen LogP contribution in [0.3, 0.4) is 0 Å². The van der Waals surface area contributed by atoms with E-state index in [0.717, 1.165) is 32.0 Å². The van der Waals surface area contributed by atoms with Gasteiger partial charge < -0.3 is 20.3 Å². The molecule has 1 saturated carbocycles. The fraction of sp³-hybridized carbons (Fsp3) is 0.714. The van der Waals surface area contributed by atoms with E-state index in [1.165, 1.54) is 49.0 Å². The largest absolute Gasteiger partial charge is 0.376 e. The van der Waals surface area contributed by atoms with Gasteiger partial charge in [0.2, 0.25) is 5.91 Å². The molecule has 1 amide bonds. The van der Waals surface area contributed by atoms with E-state index in [-0.39, 0.29) is 29.9 Å². The molecule has 0 unspecified atom stereocenters. The van der Waals surface area contributed by atoms with Crippen molar-refractivity contribution < 1.29 is 9.53 Å². The zero-order valence-electron chi connectivity index (χ0n) is 17.5. The monoisotopic (exact) mass is 534 g/mol. The molecule has 2 heterocycles. The van der Waals surface area contributed by atoms with Gasteiger partial charge in [0, 0.05) is 44.5 Å². The molecule has 8 heteroatoms. The molecule has 0 spiro atoms. The lowest BCUT2D eigenvalue weighted by Gasteiger charge is -2.27. The number of nitrogens with one attached hydrogen (secondary N) is 2. The number of halogens is 1. The third kappa shape index (κ3) is 8.05. The standard InChI is InChI=1S/C21H34N4O2S.HI/c1-22-21(24-12-14-27-18-6-4-2-3-5-7-18)23-11-8-20(26)25-13-9-19-17(16-25)10-15-28-19;/h10,15,18H,2-9,11-14,16H2,1H3,(H2,22,23,24);1H. The third-order valence-corrected chi connectivity index (χ3v) is 6.59. The van der Waals surface area contributed by atoms with E-state index in [4.69, 9.17) is 4.74 Å². The van der Waals surface area contributed by atoms with Crippen molar-refractivity contribution in [1.29, 1.82) is 0 Å². The Kier molecular flexibility index (Phi) is 11.3. The number of amides is 1. The second-order valence-electron chi connectivity index (χ2n) is 7.59. The highest BCUT2D eigenvalue weighted by Gasteiger charge is 2.21. The number of aliphatic imine (C=N–C) groups is 1. The Morgan fingerprint density at radius 1 is 1.24 bits per heavy atom. The summed E-state index contributed by atoms with van der Waals surface area (Å²) in [4.78, 5) is 20.1. The van der Waals surface area contributed by atoms with Gasteiger partial charge in [0.1, 0.15) is 0 Å². The summed E-state index contributed by atoms with van der Waals surface area (Å²) in [6.45, 7) is 3.61. The van der Waals surface area contributed by atoms with E-state index in [1.807, 2.05) is 4.90 Å². The average molecular weight is 535 g/mol. The molecule has 164 valence electrons. The number of ether oxygens (including phenoxy) is 1. The lowest BCUT2D eigenvalue weighted by molar-refractivity contribution is -0.131. The predicted octanol–water partition coefficient (Wildman–Crippen LogP) is 3.55. The van der Waals surface area contributed by atoms with Crippen molar-refractivity contribution in [2.45, 2.75) is 64.0 Å². The van der Waals surface area contributed by atoms with Crippen LogP contribution in [0, 0.1) is 0 Å². The highest BCUT2D eigenvalue weighted by atomic mass is 127. The maximum Gasteiger partial charge on any atom is 0.224 e. The molecule has 0 bridgehead atoms. The molecule has 29 heavy (non-hydrogen) atoms. The van der Waals surface area contributed by atoms with Crippen molar-refractivity contribution in [3.05, 3.63) is 21.9 Å². The number of carbonyl (C=O) groups excluding carboxylic acids is 1. The van der Waals surface area contributed by atoms with Crippen LogP contribution in [-0.4, -0.2) is 56.2 Å². The van der Waals surface area contributed by atoms with Gasteiger partial charge in [-0.1, -0.05) is 25.7 Å². The molecule has 1 fully saturated rings. The lowest BCUT2D eigenvalue weighted by Crippen LogP contribution is -2.42. The number of hydrogen-bond donors (Lipinski definition) is 2. The second-order valence-corrected chi connectivity index (χ2v) is 8.60. The highest BCUT2D eigenvalue weighted by Crippen LogP contribution is 2.24. The quantitative estimate of drug-likeness (QED) is 0.185. The number of nitrogens with zero attached hydrogens (tertiary/aromatic N) is 2. The maximum absolute atomic E-state index is 12.5. The van der Waals surface area contributed by atoms with E-state index < -0.39 is 0 Å². The van der Waals surface area contributed by atoms with Crippen molar-refractivity contribution in [2.75, 3.05) is 33.3 Å². The fourth-order valence-corrected chi connectivity index (χ4v) is 4.82. The number of hydrogen-bond acceptors (Lipinski definition) is 4. The van der Waals surface area contributed by atoms with Crippen molar-refractivity contribution >= 4 is 47.2 Å². The minimum absolute atomic E-state index is 0. The predicted molar refractivity (Wildman–Crippen MR) is 130 cm³/mol. The molecular formula is C21H35IN4O2S. The van der Waals surface area contributed by atoms with Crippen LogP contribution >= 0.6 is 35.3 Å². The van der Waals surface area contributed by atoms with Crippen molar-refractivity contribution in [2.24, 2.45) is 4.99 Å². The fourth-order valence-electron chi connectivity index (χ4n) is 3.93. The van der Waals surface area contributed by atoms with E-state index in [9.17, 15) is 4.79 Å². The SMILES string of the molecule is CN=C(NCCOC1CCCCCC1)NCCC(=O)N1CCc2sccc2C1.I.